The van der Waals surface area contributed by atoms with Crippen LogP contribution >= 0.6 is 0 Å². The van der Waals surface area contributed by atoms with Crippen molar-refractivity contribution in [3.05, 3.63) is 29.8 Å². The molecule has 3 rings (SSSR count). The lowest BCUT2D eigenvalue weighted by Gasteiger charge is -2.26. The molecule has 4 nitrogen and oxygen atoms in total. The Morgan fingerprint density at radius 2 is 1.95 bits per heavy atom. The molecule has 0 bridgehead atoms. The molecule has 1 heterocycles. The molecule has 0 spiro atoms. The number of nitrogens with zero attached hydrogens (tertiary/aromatic N) is 1. The van der Waals surface area contributed by atoms with E-state index in [1.165, 1.54) is 31.5 Å². The van der Waals surface area contributed by atoms with Crippen molar-refractivity contribution in [3.8, 4) is 0 Å². The van der Waals surface area contributed by atoms with Gasteiger partial charge in [-0.3, -0.25) is 9.69 Å². The molecule has 1 saturated carbocycles. The molecule has 0 radical (unpaired) electrons. The van der Waals surface area contributed by atoms with Crippen LogP contribution in [0, 0.1) is 5.92 Å². The molecule has 0 unspecified atom stereocenters. The molecule has 3 N–H and O–H groups in total. The lowest BCUT2D eigenvalue weighted by atomic mass is 9.85. The number of hydrogen-bond acceptors (Lipinski definition) is 3. The highest BCUT2D eigenvalue weighted by atomic mass is 16.1. The monoisotopic (exact) mass is 301 g/mol. The Hall–Kier alpha value is -1.39. The quantitative estimate of drug-likeness (QED) is 0.899. The van der Waals surface area contributed by atoms with Gasteiger partial charge in [-0.2, -0.15) is 0 Å². The number of hydrogen-bond donors (Lipinski definition) is 2. The van der Waals surface area contributed by atoms with E-state index in [9.17, 15) is 4.79 Å². The number of carbonyl (C=O) groups excluding carboxylic acids is 1. The standard InChI is InChI=1S/C18H27N3O/c19-16-8-5-7-14(12-16)18(22)20-17-9-2-1-6-15(17)13-21-10-3-4-11-21/h1-2,6,9,14,16H,3-5,7-8,10-13,19H2,(H,20,22)/t14-,16+/m1/s1. The van der Waals surface area contributed by atoms with Crippen LogP contribution in [-0.2, 0) is 11.3 Å². The van der Waals surface area contributed by atoms with Crippen LogP contribution < -0.4 is 11.1 Å². The SMILES string of the molecule is N[C@H]1CCC[C@@H](C(=O)Nc2ccccc2CN2CCCC2)C1. The first-order valence-corrected chi connectivity index (χ1v) is 8.59. The van der Waals surface area contributed by atoms with E-state index < -0.39 is 0 Å². The molecule has 1 aromatic rings. The molecular formula is C18H27N3O. The molecule has 22 heavy (non-hydrogen) atoms. The van der Waals surface area contributed by atoms with Gasteiger partial charge in [0.25, 0.3) is 0 Å². The van der Waals surface area contributed by atoms with Crippen molar-refractivity contribution < 1.29 is 4.79 Å². The molecule has 2 atom stereocenters. The van der Waals surface area contributed by atoms with Gasteiger partial charge < -0.3 is 11.1 Å². The highest BCUT2D eigenvalue weighted by Crippen LogP contribution is 2.26. The molecule has 1 aliphatic heterocycles. The molecule has 1 amide bonds. The number of benzene rings is 1. The Labute approximate surface area is 133 Å². The first-order valence-electron chi connectivity index (χ1n) is 8.59. The van der Waals surface area contributed by atoms with Crippen LogP contribution in [0.3, 0.4) is 0 Å². The summed E-state index contributed by atoms with van der Waals surface area (Å²) in [5.74, 6) is 0.215. The average molecular weight is 301 g/mol. The first-order chi connectivity index (χ1) is 10.7. The fourth-order valence-electron chi connectivity index (χ4n) is 3.66. The molecule has 1 aliphatic carbocycles. The van der Waals surface area contributed by atoms with Crippen LogP contribution in [0.4, 0.5) is 5.69 Å². The number of likely N-dealkylation sites (tertiary alicyclic amines) is 1. The smallest absolute Gasteiger partial charge is 0.227 e. The van der Waals surface area contributed by atoms with Gasteiger partial charge in [-0.25, -0.2) is 0 Å². The lowest BCUT2D eigenvalue weighted by molar-refractivity contribution is -0.120. The molecule has 1 saturated heterocycles. The zero-order valence-electron chi connectivity index (χ0n) is 13.3. The van der Waals surface area contributed by atoms with Gasteiger partial charge in [0.15, 0.2) is 0 Å². The van der Waals surface area contributed by atoms with Crippen molar-refractivity contribution >= 4 is 11.6 Å². The Kier molecular flexibility index (Phi) is 5.11. The van der Waals surface area contributed by atoms with Crippen molar-refractivity contribution in [2.45, 2.75) is 51.1 Å². The van der Waals surface area contributed by atoms with Crippen LogP contribution in [0.25, 0.3) is 0 Å². The molecule has 1 aromatic carbocycles. The van der Waals surface area contributed by atoms with Crippen molar-refractivity contribution in [2.24, 2.45) is 11.7 Å². The zero-order chi connectivity index (χ0) is 15.4. The van der Waals surface area contributed by atoms with Gasteiger partial charge in [-0.15, -0.1) is 0 Å². The summed E-state index contributed by atoms with van der Waals surface area (Å²) in [6.07, 6.45) is 6.47. The zero-order valence-corrected chi connectivity index (χ0v) is 13.3. The molecule has 2 fully saturated rings. The minimum Gasteiger partial charge on any atom is -0.328 e. The van der Waals surface area contributed by atoms with Gasteiger partial charge in [-0.1, -0.05) is 24.6 Å². The third-order valence-electron chi connectivity index (χ3n) is 4.95. The average Bonchev–Trinajstić information content (AvgIpc) is 3.02. The summed E-state index contributed by atoms with van der Waals surface area (Å²) < 4.78 is 0. The van der Waals surface area contributed by atoms with E-state index >= 15 is 0 Å². The second-order valence-corrected chi connectivity index (χ2v) is 6.75. The predicted octanol–water partition coefficient (Wildman–Crippen LogP) is 2.74. The van der Waals surface area contributed by atoms with Crippen LogP contribution in [0.5, 0.6) is 0 Å². The molecule has 120 valence electrons. The summed E-state index contributed by atoms with van der Waals surface area (Å²) >= 11 is 0. The summed E-state index contributed by atoms with van der Waals surface area (Å²) in [7, 11) is 0. The molecule has 4 heteroatoms. The highest BCUT2D eigenvalue weighted by Gasteiger charge is 2.25. The number of nitrogens with one attached hydrogen (secondary N) is 1. The second-order valence-electron chi connectivity index (χ2n) is 6.75. The third kappa shape index (κ3) is 3.87. The van der Waals surface area contributed by atoms with Gasteiger partial charge in [0, 0.05) is 24.2 Å². The Balaban J connectivity index is 1.64. The van der Waals surface area contributed by atoms with Gasteiger partial charge in [-0.05, 0) is 56.8 Å². The van der Waals surface area contributed by atoms with Crippen LogP contribution in [0.1, 0.15) is 44.1 Å². The van der Waals surface area contributed by atoms with Crippen molar-refractivity contribution in [1.29, 1.82) is 0 Å². The van der Waals surface area contributed by atoms with Crippen LogP contribution in [0.15, 0.2) is 24.3 Å². The van der Waals surface area contributed by atoms with Crippen LogP contribution in [-0.4, -0.2) is 29.9 Å². The fraction of sp³-hybridized carbons (Fsp3) is 0.611. The normalized spacial score (nSPS) is 26.0. The molecule has 0 aromatic heterocycles. The maximum absolute atomic E-state index is 12.5. The van der Waals surface area contributed by atoms with E-state index in [2.05, 4.69) is 22.3 Å². The van der Waals surface area contributed by atoms with Crippen molar-refractivity contribution in [3.63, 3.8) is 0 Å². The molecular weight excluding hydrogens is 274 g/mol. The molecule has 2 aliphatic rings. The fourth-order valence-corrected chi connectivity index (χ4v) is 3.66. The summed E-state index contributed by atoms with van der Waals surface area (Å²) in [6, 6.07) is 8.38. The lowest BCUT2D eigenvalue weighted by Crippen LogP contribution is -2.34. The largest absolute Gasteiger partial charge is 0.328 e. The Morgan fingerprint density at radius 3 is 2.73 bits per heavy atom. The summed E-state index contributed by atoms with van der Waals surface area (Å²) in [6.45, 7) is 3.26. The van der Waals surface area contributed by atoms with Gasteiger partial charge in [0.1, 0.15) is 0 Å². The topological polar surface area (TPSA) is 58.4 Å². The number of amides is 1. The number of para-hydroxylation sites is 1. The van der Waals surface area contributed by atoms with Gasteiger partial charge in [0.2, 0.25) is 5.91 Å². The Morgan fingerprint density at radius 1 is 1.18 bits per heavy atom. The first kappa shape index (κ1) is 15.5. The number of rotatable bonds is 4. The van der Waals surface area contributed by atoms with E-state index in [1.807, 2.05) is 12.1 Å². The summed E-state index contributed by atoms with van der Waals surface area (Å²) in [4.78, 5) is 15.0. The predicted molar refractivity (Wildman–Crippen MR) is 89.5 cm³/mol. The minimum absolute atomic E-state index is 0.0728. The van der Waals surface area contributed by atoms with E-state index in [4.69, 9.17) is 5.73 Å². The number of carbonyl (C=O) groups is 1. The maximum Gasteiger partial charge on any atom is 0.227 e. The van der Waals surface area contributed by atoms with Crippen molar-refractivity contribution in [2.75, 3.05) is 18.4 Å². The van der Waals surface area contributed by atoms with E-state index in [0.29, 0.717) is 0 Å². The van der Waals surface area contributed by atoms with E-state index in [-0.39, 0.29) is 17.9 Å². The van der Waals surface area contributed by atoms with Gasteiger partial charge >= 0.3 is 0 Å². The van der Waals surface area contributed by atoms with E-state index in [0.717, 1.165) is 37.9 Å². The minimum atomic E-state index is 0.0728. The third-order valence-corrected chi connectivity index (χ3v) is 4.95. The summed E-state index contributed by atoms with van der Waals surface area (Å²) in [5, 5.41) is 3.15. The highest BCUT2D eigenvalue weighted by molar-refractivity contribution is 5.93. The van der Waals surface area contributed by atoms with E-state index in [1.54, 1.807) is 0 Å². The number of anilines is 1. The van der Waals surface area contributed by atoms with Gasteiger partial charge in [0.05, 0.1) is 0 Å². The number of nitrogens with two attached hydrogens (primary N) is 1. The van der Waals surface area contributed by atoms with Crippen molar-refractivity contribution in [1.82, 2.24) is 4.90 Å². The maximum atomic E-state index is 12.5. The van der Waals surface area contributed by atoms with Crippen LogP contribution in [0.2, 0.25) is 0 Å². The summed E-state index contributed by atoms with van der Waals surface area (Å²) in [5.41, 5.74) is 8.20. The Bertz CT molecular complexity index is 511. The second kappa shape index (κ2) is 7.25.